The van der Waals surface area contributed by atoms with E-state index in [9.17, 15) is 9.82 Å². The van der Waals surface area contributed by atoms with E-state index in [1.807, 2.05) is 6.07 Å². The van der Waals surface area contributed by atoms with Gasteiger partial charge in [-0.15, -0.1) is 0 Å². The second-order valence-electron chi connectivity index (χ2n) is 2.98. The molecule has 0 spiro atoms. The highest BCUT2D eigenvalue weighted by molar-refractivity contribution is 6.64. The molecular weight excluding hydrogens is 165 g/mol. The van der Waals surface area contributed by atoms with Gasteiger partial charge in [-0.25, -0.2) is 0 Å². The Morgan fingerprint density at radius 1 is 1.54 bits per heavy atom. The normalized spacial score (nSPS) is 9.46. The summed E-state index contributed by atoms with van der Waals surface area (Å²) in [5.74, 6) is -0.109. The minimum atomic E-state index is -0.506. The minimum absolute atomic E-state index is 0.109. The van der Waals surface area contributed by atoms with Crippen molar-refractivity contribution in [2.45, 2.75) is 13.7 Å². The zero-order chi connectivity index (χ0) is 9.84. The predicted molar refractivity (Wildman–Crippen MR) is 54.2 cm³/mol. The fraction of sp³-hybridized carbons (Fsp3) is 0.222. The number of carbonyl (C=O) groups excluding carboxylic acids is 1. The molecule has 0 atom stereocenters. The number of rotatable bonds is 2. The molecule has 2 N–H and O–H groups in total. The molecule has 1 rings (SSSR count). The standard InChI is InChI=1S/C9H12BNO2/c1-7(12)11-9-5-3-4-8(6-9)10(2)13/h3-6,13H,1-2H3,(H,11,12). The van der Waals surface area contributed by atoms with Gasteiger partial charge in [-0.05, 0) is 17.6 Å². The summed E-state index contributed by atoms with van der Waals surface area (Å²) >= 11 is 0. The van der Waals surface area contributed by atoms with Crippen molar-refractivity contribution in [3.63, 3.8) is 0 Å². The largest absolute Gasteiger partial charge is 0.446 e. The van der Waals surface area contributed by atoms with Crippen LogP contribution in [0.15, 0.2) is 24.3 Å². The van der Waals surface area contributed by atoms with Crippen LogP contribution in [0.25, 0.3) is 0 Å². The number of amides is 1. The SMILES string of the molecule is CB(O)c1cccc(NC(C)=O)c1. The maximum atomic E-state index is 10.7. The third-order valence-electron chi connectivity index (χ3n) is 1.69. The van der Waals surface area contributed by atoms with Crippen molar-refractivity contribution in [3.05, 3.63) is 24.3 Å². The van der Waals surface area contributed by atoms with Crippen LogP contribution >= 0.6 is 0 Å². The highest BCUT2D eigenvalue weighted by atomic mass is 16.2. The van der Waals surface area contributed by atoms with E-state index in [1.54, 1.807) is 25.0 Å². The van der Waals surface area contributed by atoms with Gasteiger partial charge in [-0.3, -0.25) is 4.79 Å². The topological polar surface area (TPSA) is 49.3 Å². The van der Waals surface area contributed by atoms with Gasteiger partial charge in [0.05, 0.1) is 0 Å². The van der Waals surface area contributed by atoms with E-state index < -0.39 is 6.92 Å². The van der Waals surface area contributed by atoms with Crippen LogP contribution in [0.4, 0.5) is 5.69 Å². The van der Waals surface area contributed by atoms with Crippen LogP contribution in [-0.2, 0) is 4.79 Å². The summed E-state index contributed by atoms with van der Waals surface area (Å²) in [6.07, 6.45) is 0. The zero-order valence-electron chi connectivity index (χ0n) is 7.74. The monoisotopic (exact) mass is 177 g/mol. The molecule has 0 unspecified atom stereocenters. The first-order valence-corrected chi connectivity index (χ1v) is 4.15. The minimum Gasteiger partial charge on any atom is -0.446 e. The fourth-order valence-corrected chi connectivity index (χ4v) is 1.08. The van der Waals surface area contributed by atoms with Crippen LogP contribution in [-0.4, -0.2) is 17.8 Å². The highest BCUT2D eigenvalue weighted by Gasteiger charge is 2.06. The van der Waals surface area contributed by atoms with Crippen LogP contribution < -0.4 is 10.8 Å². The first-order valence-electron chi connectivity index (χ1n) is 4.15. The van der Waals surface area contributed by atoms with Gasteiger partial charge in [-0.1, -0.05) is 19.0 Å². The molecule has 0 bridgehead atoms. The highest BCUT2D eigenvalue weighted by Crippen LogP contribution is 2.03. The summed E-state index contributed by atoms with van der Waals surface area (Å²) in [4.78, 5) is 10.7. The molecule has 0 saturated heterocycles. The lowest BCUT2D eigenvalue weighted by atomic mass is 9.64. The lowest BCUT2D eigenvalue weighted by Crippen LogP contribution is -2.26. The molecular formula is C9H12BNO2. The van der Waals surface area contributed by atoms with Crippen molar-refractivity contribution in [2.75, 3.05) is 5.32 Å². The molecule has 0 fully saturated rings. The van der Waals surface area contributed by atoms with E-state index in [-0.39, 0.29) is 5.91 Å². The second-order valence-corrected chi connectivity index (χ2v) is 2.98. The number of anilines is 1. The van der Waals surface area contributed by atoms with Crippen molar-refractivity contribution in [1.29, 1.82) is 0 Å². The average molecular weight is 177 g/mol. The Kier molecular flexibility index (Phi) is 3.09. The summed E-state index contributed by atoms with van der Waals surface area (Å²) in [7, 11) is 0. The van der Waals surface area contributed by atoms with Crippen LogP contribution in [0.1, 0.15) is 6.92 Å². The third-order valence-corrected chi connectivity index (χ3v) is 1.69. The van der Waals surface area contributed by atoms with Crippen LogP contribution in [0, 0.1) is 0 Å². The summed E-state index contributed by atoms with van der Waals surface area (Å²) in [6, 6.07) is 7.16. The molecule has 0 aromatic heterocycles. The number of nitrogens with one attached hydrogen (secondary N) is 1. The van der Waals surface area contributed by atoms with Gasteiger partial charge in [0.2, 0.25) is 5.91 Å². The Bertz CT molecular complexity index is 312. The van der Waals surface area contributed by atoms with E-state index >= 15 is 0 Å². The Labute approximate surface area is 77.9 Å². The molecule has 0 aliphatic heterocycles. The molecule has 0 aliphatic carbocycles. The van der Waals surface area contributed by atoms with Crippen LogP contribution in [0.5, 0.6) is 0 Å². The Balaban J connectivity index is 2.85. The molecule has 1 amide bonds. The van der Waals surface area contributed by atoms with Crippen LogP contribution in [0.2, 0.25) is 6.82 Å². The fourth-order valence-electron chi connectivity index (χ4n) is 1.08. The molecule has 0 saturated carbocycles. The quantitative estimate of drug-likeness (QED) is 0.645. The molecule has 0 aliphatic rings. The molecule has 1 aromatic rings. The van der Waals surface area contributed by atoms with Gasteiger partial charge in [0.15, 0.2) is 0 Å². The van der Waals surface area contributed by atoms with Gasteiger partial charge in [-0.2, -0.15) is 0 Å². The number of benzene rings is 1. The molecule has 68 valence electrons. The van der Waals surface area contributed by atoms with Gasteiger partial charge in [0, 0.05) is 12.6 Å². The first kappa shape index (κ1) is 9.80. The molecule has 0 heterocycles. The Morgan fingerprint density at radius 2 is 2.23 bits per heavy atom. The maximum absolute atomic E-state index is 10.7. The Morgan fingerprint density at radius 3 is 2.77 bits per heavy atom. The first-order chi connectivity index (χ1) is 6.09. The Hall–Kier alpha value is -1.29. The van der Waals surface area contributed by atoms with Gasteiger partial charge < -0.3 is 10.3 Å². The predicted octanol–water partition coefficient (Wildman–Crippen LogP) is 0.466. The average Bonchev–Trinajstić information content (AvgIpc) is 2.03. The van der Waals surface area contributed by atoms with Crippen molar-refractivity contribution in [3.8, 4) is 0 Å². The smallest absolute Gasteiger partial charge is 0.320 e. The zero-order valence-corrected chi connectivity index (χ0v) is 7.74. The van der Waals surface area contributed by atoms with Crippen molar-refractivity contribution < 1.29 is 9.82 Å². The number of hydrogen-bond acceptors (Lipinski definition) is 2. The van der Waals surface area contributed by atoms with Gasteiger partial charge in [0.25, 0.3) is 0 Å². The van der Waals surface area contributed by atoms with Crippen molar-refractivity contribution in [1.82, 2.24) is 0 Å². The second kappa shape index (κ2) is 4.09. The summed E-state index contributed by atoms with van der Waals surface area (Å²) in [6.45, 7) is 2.63. The molecule has 13 heavy (non-hydrogen) atoms. The third kappa shape index (κ3) is 2.91. The summed E-state index contributed by atoms with van der Waals surface area (Å²) in [5.41, 5.74) is 1.51. The number of hydrogen-bond donors (Lipinski definition) is 2. The summed E-state index contributed by atoms with van der Waals surface area (Å²) < 4.78 is 0. The van der Waals surface area contributed by atoms with E-state index in [0.717, 1.165) is 5.46 Å². The van der Waals surface area contributed by atoms with Crippen molar-refractivity contribution >= 4 is 24.0 Å². The van der Waals surface area contributed by atoms with Crippen molar-refractivity contribution in [2.24, 2.45) is 0 Å². The lowest BCUT2D eigenvalue weighted by Gasteiger charge is -2.05. The lowest BCUT2D eigenvalue weighted by molar-refractivity contribution is -0.114. The molecule has 1 aromatic carbocycles. The molecule has 4 heteroatoms. The summed E-state index contributed by atoms with van der Waals surface area (Å²) in [5, 5.41) is 11.9. The van der Waals surface area contributed by atoms with Gasteiger partial charge in [0.1, 0.15) is 0 Å². The number of carbonyl (C=O) groups is 1. The maximum Gasteiger partial charge on any atom is 0.320 e. The van der Waals surface area contributed by atoms with Crippen LogP contribution in [0.3, 0.4) is 0 Å². The van der Waals surface area contributed by atoms with E-state index in [4.69, 9.17) is 0 Å². The molecule has 3 nitrogen and oxygen atoms in total. The van der Waals surface area contributed by atoms with E-state index in [0.29, 0.717) is 5.69 Å². The molecule has 0 radical (unpaired) electrons. The van der Waals surface area contributed by atoms with E-state index in [2.05, 4.69) is 5.32 Å². The van der Waals surface area contributed by atoms with Gasteiger partial charge >= 0.3 is 6.92 Å². The van der Waals surface area contributed by atoms with E-state index in [1.165, 1.54) is 6.92 Å².